The fourth-order valence-electron chi connectivity index (χ4n) is 2.77. The number of aromatic nitrogens is 1. The van der Waals surface area contributed by atoms with E-state index in [0.717, 1.165) is 0 Å². The normalized spacial score (nSPS) is 11.4. The van der Waals surface area contributed by atoms with Crippen LogP contribution >= 0.6 is 0 Å². The quantitative estimate of drug-likeness (QED) is 0.711. The molecule has 0 aliphatic carbocycles. The minimum atomic E-state index is -3.82. The molecule has 0 saturated carbocycles. The smallest absolute Gasteiger partial charge is 0.208 e. The number of methoxy groups -OCH3 is 4. The SMILES string of the molecule is COc1ccc2c(S(=O)(=O)c3cc(OC)c(OC)c(OC)c3)c[nH]c2c1. The molecule has 0 amide bonds. The van der Waals surface area contributed by atoms with Crippen LogP contribution in [0.15, 0.2) is 46.3 Å². The summed E-state index contributed by atoms with van der Waals surface area (Å²) < 4.78 is 47.3. The molecule has 26 heavy (non-hydrogen) atoms. The molecule has 2 aromatic carbocycles. The van der Waals surface area contributed by atoms with Crippen LogP contribution in [0.1, 0.15) is 0 Å². The fourth-order valence-corrected chi connectivity index (χ4v) is 4.23. The Morgan fingerprint density at radius 3 is 2.04 bits per heavy atom. The van der Waals surface area contributed by atoms with E-state index in [1.54, 1.807) is 25.3 Å². The van der Waals surface area contributed by atoms with Gasteiger partial charge in [0.2, 0.25) is 15.6 Å². The summed E-state index contributed by atoms with van der Waals surface area (Å²) in [6.07, 6.45) is 1.46. The first-order valence-electron chi connectivity index (χ1n) is 7.66. The number of benzene rings is 2. The molecule has 138 valence electrons. The van der Waals surface area contributed by atoms with Crippen LogP contribution in [-0.4, -0.2) is 41.8 Å². The molecular weight excluding hydrogens is 358 g/mol. The zero-order chi connectivity index (χ0) is 18.9. The van der Waals surface area contributed by atoms with Gasteiger partial charge in [-0.2, -0.15) is 0 Å². The van der Waals surface area contributed by atoms with Crippen molar-refractivity contribution < 1.29 is 27.4 Å². The third-order valence-corrected chi connectivity index (χ3v) is 5.86. The highest BCUT2D eigenvalue weighted by Gasteiger charge is 2.26. The van der Waals surface area contributed by atoms with Crippen LogP contribution in [0.2, 0.25) is 0 Å². The molecule has 0 atom stereocenters. The van der Waals surface area contributed by atoms with Crippen molar-refractivity contribution in [2.45, 2.75) is 9.79 Å². The van der Waals surface area contributed by atoms with Gasteiger partial charge in [-0.25, -0.2) is 8.42 Å². The molecule has 0 radical (unpaired) electrons. The summed E-state index contributed by atoms with van der Waals surface area (Å²) in [4.78, 5) is 3.17. The number of hydrogen-bond donors (Lipinski definition) is 1. The van der Waals surface area contributed by atoms with Crippen LogP contribution in [0, 0.1) is 0 Å². The van der Waals surface area contributed by atoms with Crippen molar-refractivity contribution in [3.05, 3.63) is 36.5 Å². The highest BCUT2D eigenvalue weighted by atomic mass is 32.2. The van der Waals surface area contributed by atoms with Gasteiger partial charge < -0.3 is 23.9 Å². The third kappa shape index (κ3) is 2.82. The lowest BCUT2D eigenvalue weighted by Gasteiger charge is -2.14. The summed E-state index contributed by atoms with van der Waals surface area (Å²) in [6.45, 7) is 0. The van der Waals surface area contributed by atoms with Gasteiger partial charge in [-0.15, -0.1) is 0 Å². The minimum absolute atomic E-state index is 0.0451. The molecule has 7 nitrogen and oxygen atoms in total. The van der Waals surface area contributed by atoms with Crippen LogP contribution < -0.4 is 18.9 Å². The maximum atomic E-state index is 13.2. The van der Waals surface area contributed by atoms with E-state index in [2.05, 4.69) is 4.98 Å². The van der Waals surface area contributed by atoms with Gasteiger partial charge in [0, 0.05) is 29.8 Å². The highest BCUT2D eigenvalue weighted by Crippen LogP contribution is 2.41. The van der Waals surface area contributed by atoms with Crippen LogP contribution in [0.25, 0.3) is 10.9 Å². The van der Waals surface area contributed by atoms with Gasteiger partial charge >= 0.3 is 0 Å². The highest BCUT2D eigenvalue weighted by molar-refractivity contribution is 7.91. The number of sulfone groups is 1. The van der Waals surface area contributed by atoms with Gasteiger partial charge in [-0.05, 0) is 12.1 Å². The molecule has 1 heterocycles. The standard InChI is InChI=1S/C18H19NO6S/c1-22-11-5-6-13-14(7-11)19-10-17(13)26(20,21)12-8-15(23-2)18(25-4)16(9-12)24-3/h5-10,19H,1-4H3. The van der Waals surface area contributed by atoms with E-state index in [1.165, 1.54) is 39.7 Å². The van der Waals surface area contributed by atoms with Gasteiger partial charge in [0.1, 0.15) is 5.75 Å². The van der Waals surface area contributed by atoms with E-state index in [-0.39, 0.29) is 21.3 Å². The first kappa shape index (κ1) is 17.9. The lowest BCUT2D eigenvalue weighted by molar-refractivity contribution is 0.323. The van der Waals surface area contributed by atoms with Crippen molar-refractivity contribution >= 4 is 20.7 Å². The predicted octanol–water partition coefficient (Wildman–Crippen LogP) is 3.04. The topological polar surface area (TPSA) is 86.9 Å². The van der Waals surface area contributed by atoms with E-state index in [9.17, 15) is 8.42 Å². The van der Waals surface area contributed by atoms with Crippen molar-refractivity contribution in [1.82, 2.24) is 4.98 Å². The summed E-state index contributed by atoms with van der Waals surface area (Å²) in [5, 5.41) is 0.569. The molecule has 0 unspecified atom stereocenters. The number of fused-ring (bicyclic) bond motifs is 1. The van der Waals surface area contributed by atoms with Crippen LogP contribution in [-0.2, 0) is 9.84 Å². The Labute approximate surface area is 151 Å². The average Bonchev–Trinajstić information content (AvgIpc) is 3.10. The molecule has 0 aliphatic rings. The molecule has 8 heteroatoms. The van der Waals surface area contributed by atoms with E-state index >= 15 is 0 Å². The molecule has 0 bridgehead atoms. The Kier molecular flexibility index (Phi) is 4.69. The number of nitrogens with one attached hydrogen (secondary N) is 1. The van der Waals surface area contributed by atoms with Crippen LogP contribution in [0.4, 0.5) is 0 Å². The second-order valence-electron chi connectivity index (χ2n) is 5.43. The largest absolute Gasteiger partial charge is 0.497 e. The number of ether oxygens (including phenoxy) is 4. The molecule has 0 fully saturated rings. The fraction of sp³-hybridized carbons (Fsp3) is 0.222. The lowest BCUT2D eigenvalue weighted by Crippen LogP contribution is -2.04. The first-order chi connectivity index (χ1) is 12.5. The predicted molar refractivity (Wildman–Crippen MR) is 96.4 cm³/mol. The number of aromatic amines is 1. The first-order valence-corrected chi connectivity index (χ1v) is 9.14. The molecular formula is C18H19NO6S. The summed E-state index contributed by atoms with van der Waals surface area (Å²) in [5.74, 6) is 1.51. The second-order valence-corrected chi connectivity index (χ2v) is 7.35. The van der Waals surface area contributed by atoms with Crippen molar-refractivity contribution in [3.63, 3.8) is 0 Å². The minimum Gasteiger partial charge on any atom is -0.497 e. The Morgan fingerprint density at radius 1 is 0.846 bits per heavy atom. The summed E-state index contributed by atoms with van der Waals surface area (Å²) in [5.41, 5.74) is 0.662. The number of hydrogen-bond acceptors (Lipinski definition) is 6. The average molecular weight is 377 g/mol. The van der Waals surface area contributed by atoms with E-state index in [0.29, 0.717) is 22.4 Å². The maximum Gasteiger partial charge on any atom is 0.208 e. The van der Waals surface area contributed by atoms with Crippen LogP contribution in [0.5, 0.6) is 23.0 Å². The zero-order valence-electron chi connectivity index (χ0n) is 14.8. The van der Waals surface area contributed by atoms with Gasteiger partial charge in [0.05, 0.1) is 43.7 Å². The van der Waals surface area contributed by atoms with E-state index < -0.39 is 9.84 Å². The molecule has 1 N–H and O–H groups in total. The Hall–Kier alpha value is -2.87. The van der Waals surface area contributed by atoms with Crippen molar-refractivity contribution in [1.29, 1.82) is 0 Å². The van der Waals surface area contributed by atoms with Crippen molar-refractivity contribution in [3.8, 4) is 23.0 Å². The van der Waals surface area contributed by atoms with Crippen molar-refractivity contribution in [2.24, 2.45) is 0 Å². The molecule has 1 aromatic heterocycles. The van der Waals surface area contributed by atoms with Gasteiger partial charge in [-0.3, -0.25) is 0 Å². The van der Waals surface area contributed by atoms with Crippen LogP contribution in [0.3, 0.4) is 0 Å². The van der Waals surface area contributed by atoms with Gasteiger partial charge in [0.15, 0.2) is 11.5 Å². The Bertz CT molecular complexity index is 1030. The Balaban J connectivity index is 2.20. The lowest BCUT2D eigenvalue weighted by atomic mass is 10.2. The number of rotatable bonds is 6. The van der Waals surface area contributed by atoms with Gasteiger partial charge in [-0.1, -0.05) is 0 Å². The second kappa shape index (κ2) is 6.80. The molecule has 3 aromatic rings. The molecule has 0 saturated heterocycles. The summed E-state index contributed by atoms with van der Waals surface area (Å²) in [6, 6.07) is 7.99. The monoisotopic (exact) mass is 377 g/mol. The zero-order valence-corrected chi connectivity index (χ0v) is 15.6. The van der Waals surface area contributed by atoms with Crippen molar-refractivity contribution in [2.75, 3.05) is 28.4 Å². The molecule has 0 spiro atoms. The van der Waals surface area contributed by atoms with E-state index in [4.69, 9.17) is 18.9 Å². The Morgan fingerprint density at radius 2 is 1.50 bits per heavy atom. The van der Waals surface area contributed by atoms with Gasteiger partial charge in [0.25, 0.3) is 0 Å². The maximum absolute atomic E-state index is 13.2. The van der Waals surface area contributed by atoms with E-state index in [1.807, 2.05) is 0 Å². The summed E-state index contributed by atoms with van der Waals surface area (Å²) >= 11 is 0. The molecule has 0 aliphatic heterocycles. The third-order valence-electron chi connectivity index (χ3n) is 4.09. The number of H-pyrrole nitrogens is 1. The summed E-state index contributed by atoms with van der Waals surface area (Å²) in [7, 11) is 2.07. The molecule has 3 rings (SSSR count).